The van der Waals surface area contributed by atoms with Crippen molar-refractivity contribution in [2.24, 2.45) is 0 Å². The second-order valence-electron chi connectivity index (χ2n) is 3.78. The number of nitrogens with zero attached hydrogens (tertiary/aromatic N) is 3. The van der Waals surface area contributed by atoms with Crippen LogP contribution >= 0.6 is 11.3 Å². The van der Waals surface area contributed by atoms with Crippen LogP contribution in [-0.2, 0) is 0 Å². The Balaban J connectivity index is 2.08. The summed E-state index contributed by atoms with van der Waals surface area (Å²) in [5.74, 6) is 0.0659. The van der Waals surface area contributed by atoms with Crippen LogP contribution in [-0.4, -0.2) is 20.9 Å². The van der Waals surface area contributed by atoms with Crippen LogP contribution in [0.15, 0.2) is 24.0 Å². The summed E-state index contributed by atoms with van der Waals surface area (Å²) in [4.78, 5) is 23.8. The summed E-state index contributed by atoms with van der Waals surface area (Å²) in [6.07, 6.45) is 4.43. The number of aromatic nitrogens is 3. The first-order chi connectivity index (χ1) is 8.16. The van der Waals surface area contributed by atoms with Gasteiger partial charge in [-0.25, -0.2) is 9.97 Å². The molecule has 6 heteroatoms. The summed E-state index contributed by atoms with van der Waals surface area (Å²) in [7, 11) is 0. The quantitative estimate of drug-likeness (QED) is 0.905. The fourth-order valence-corrected chi connectivity index (χ4v) is 2.05. The molecule has 1 N–H and O–H groups in total. The van der Waals surface area contributed by atoms with E-state index < -0.39 is 0 Å². The zero-order chi connectivity index (χ0) is 12.3. The van der Waals surface area contributed by atoms with Gasteiger partial charge in [-0.05, 0) is 5.92 Å². The van der Waals surface area contributed by atoms with Gasteiger partial charge in [-0.3, -0.25) is 15.1 Å². The molecule has 0 saturated carbocycles. The van der Waals surface area contributed by atoms with Crippen LogP contribution in [0.1, 0.15) is 35.9 Å². The van der Waals surface area contributed by atoms with E-state index in [9.17, 15) is 4.79 Å². The van der Waals surface area contributed by atoms with Gasteiger partial charge in [0.05, 0.1) is 11.9 Å². The predicted molar refractivity (Wildman–Crippen MR) is 66.2 cm³/mol. The second kappa shape index (κ2) is 5.01. The number of carbonyl (C=O) groups excluding carboxylic acids is 1. The van der Waals surface area contributed by atoms with Gasteiger partial charge in [0.25, 0.3) is 5.91 Å². The van der Waals surface area contributed by atoms with E-state index in [0.717, 1.165) is 5.69 Å². The van der Waals surface area contributed by atoms with E-state index in [1.807, 2.05) is 5.38 Å². The number of amides is 1. The van der Waals surface area contributed by atoms with Crippen molar-refractivity contribution in [1.29, 1.82) is 0 Å². The third-order valence-electron chi connectivity index (χ3n) is 2.13. The van der Waals surface area contributed by atoms with Gasteiger partial charge in [-0.1, -0.05) is 13.8 Å². The molecule has 2 aromatic heterocycles. The molecule has 2 heterocycles. The van der Waals surface area contributed by atoms with Gasteiger partial charge in [-0.2, -0.15) is 0 Å². The maximum Gasteiger partial charge on any atom is 0.277 e. The van der Waals surface area contributed by atoms with Crippen LogP contribution in [0, 0.1) is 0 Å². The van der Waals surface area contributed by atoms with Crippen molar-refractivity contribution in [3.8, 4) is 0 Å². The molecule has 0 atom stereocenters. The minimum atomic E-state index is -0.289. The van der Waals surface area contributed by atoms with Gasteiger partial charge in [0.1, 0.15) is 5.69 Å². The van der Waals surface area contributed by atoms with Gasteiger partial charge in [0.2, 0.25) is 0 Å². The standard InChI is InChI=1S/C11H12N4OS/c1-7(2)9-6-17-11(14-9)15-10(16)8-5-12-3-4-13-8/h3-7H,1-2H3,(H,14,15,16). The highest BCUT2D eigenvalue weighted by Gasteiger charge is 2.11. The number of hydrogen-bond acceptors (Lipinski definition) is 5. The maximum atomic E-state index is 11.7. The maximum absolute atomic E-state index is 11.7. The lowest BCUT2D eigenvalue weighted by Crippen LogP contribution is -2.13. The monoisotopic (exact) mass is 248 g/mol. The number of hydrogen-bond donors (Lipinski definition) is 1. The van der Waals surface area contributed by atoms with Gasteiger partial charge < -0.3 is 0 Å². The van der Waals surface area contributed by atoms with Crippen LogP contribution in [0.5, 0.6) is 0 Å². The molecule has 0 fully saturated rings. The molecular weight excluding hydrogens is 236 g/mol. The normalized spacial score (nSPS) is 10.5. The Morgan fingerprint density at radius 1 is 1.41 bits per heavy atom. The molecule has 0 bridgehead atoms. The molecule has 88 valence electrons. The average molecular weight is 248 g/mol. The van der Waals surface area contributed by atoms with Crippen LogP contribution in [0.25, 0.3) is 0 Å². The van der Waals surface area contributed by atoms with Crippen molar-refractivity contribution in [1.82, 2.24) is 15.0 Å². The van der Waals surface area contributed by atoms with Crippen molar-refractivity contribution in [3.63, 3.8) is 0 Å². The van der Waals surface area contributed by atoms with Gasteiger partial charge in [0, 0.05) is 17.8 Å². The van der Waals surface area contributed by atoms with Crippen LogP contribution < -0.4 is 5.32 Å². The highest BCUT2D eigenvalue weighted by molar-refractivity contribution is 7.14. The molecule has 17 heavy (non-hydrogen) atoms. The Morgan fingerprint density at radius 3 is 2.82 bits per heavy atom. The Bertz CT molecular complexity index is 509. The Morgan fingerprint density at radius 2 is 2.24 bits per heavy atom. The topological polar surface area (TPSA) is 67.8 Å². The summed E-state index contributed by atoms with van der Waals surface area (Å²) < 4.78 is 0. The van der Waals surface area contributed by atoms with Gasteiger partial charge in [0.15, 0.2) is 5.13 Å². The molecule has 0 saturated heterocycles. The van der Waals surface area contributed by atoms with Crippen LogP contribution in [0.3, 0.4) is 0 Å². The van der Waals surface area contributed by atoms with Gasteiger partial charge >= 0.3 is 0 Å². The Labute approximate surface area is 103 Å². The van der Waals surface area contributed by atoms with E-state index in [2.05, 4.69) is 34.1 Å². The molecular formula is C11H12N4OS. The minimum absolute atomic E-state index is 0.286. The third-order valence-corrected chi connectivity index (χ3v) is 2.91. The number of nitrogens with one attached hydrogen (secondary N) is 1. The lowest BCUT2D eigenvalue weighted by molar-refractivity contribution is 0.102. The Kier molecular flexibility index (Phi) is 3.43. The van der Waals surface area contributed by atoms with Crippen molar-refractivity contribution in [2.45, 2.75) is 19.8 Å². The van der Waals surface area contributed by atoms with Crippen molar-refractivity contribution >= 4 is 22.4 Å². The number of thiazole rings is 1. The number of anilines is 1. The first-order valence-electron chi connectivity index (χ1n) is 5.19. The van der Waals surface area contributed by atoms with Gasteiger partial charge in [-0.15, -0.1) is 11.3 Å². The van der Waals surface area contributed by atoms with E-state index in [0.29, 0.717) is 11.0 Å². The van der Waals surface area contributed by atoms with Crippen molar-refractivity contribution in [3.05, 3.63) is 35.4 Å². The SMILES string of the molecule is CC(C)c1csc(NC(=O)c2cnccn2)n1. The summed E-state index contributed by atoms with van der Waals surface area (Å²) in [5.41, 5.74) is 1.26. The molecule has 0 aromatic carbocycles. The largest absolute Gasteiger partial charge is 0.296 e. The molecule has 0 unspecified atom stereocenters. The number of carbonyl (C=O) groups is 1. The average Bonchev–Trinajstić information content (AvgIpc) is 2.79. The predicted octanol–water partition coefficient (Wildman–Crippen LogP) is 2.31. The fraction of sp³-hybridized carbons (Fsp3) is 0.273. The van der Waals surface area contributed by atoms with Crippen LogP contribution in [0.4, 0.5) is 5.13 Å². The number of rotatable bonds is 3. The van der Waals surface area contributed by atoms with Crippen LogP contribution in [0.2, 0.25) is 0 Å². The van der Waals surface area contributed by atoms with E-state index in [-0.39, 0.29) is 11.6 Å². The second-order valence-corrected chi connectivity index (χ2v) is 4.64. The first-order valence-corrected chi connectivity index (χ1v) is 6.07. The molecule has 0 aliphatic heterocycles. The molecule has 0 radical (unpaired) electrons. The highest BCUT2D eigenvalue weighted by atomic mass is 32.1. The Hall–Kier alpha value is -1.82. The summed E-state index contributed by atoms with van der Waals surface area (Å²) in [5, 5.41) is 5.23. The summed E-state index contributed by atoms with van der Waals surface area (Å²) >= 11 is 1.41. The zero-order valence-electron chi connectivity index (χ0n) is 9.54. The fourth-order valence-electron chi connectivity index (χ4n) is 1.19. The van der Waals surface area contributed by atoms with E-state index in [4.69, 9.17) is 0 Å². The molecule has 2 rings (SSSR count). The molecule has 0 aliphatic rings. The molecule has 0 aliphatic carbocycles. The highest BCUT2D eigenvalue weighted by Crippen LogP contribution is 2.21. The van der Waals surface area contributed by atoms with E-state index >= 15 is 0 Å². The van der Waals surface area contributed by atoms with Crippen molar-refractivity contribution in [2.75, 3.05) is 5.32 Å². The molecule has 0 spiro atoms. The third kappa shape index (κ3) is 2.85. The molecule has 1 amide bonds. The smallest absolute Gasteiger partial charge is 0.277 e. The zero-order valence-corrected chi connectivity index (χ0v) is 10.4. The molecule has 5 nitrogen and oxygen atoms in total. The minimum Gasteiger partial charge on any atom is -0.296 e. The lowest BCUT2D eigenvalue weighted by atomic mass is 10.2. The van der Waals surface area contributed by atoms with E-state index in [1.165, 1.54) is 29.9 Å². The summed E-state index contributed by atoms with van der Waals surface area (Å²) in [6.45, 7) is 4.12. The molecule has 2 aromatic rings. The van der Waals surface area contributed by atoms with Crippen molar-refractivity contribution < 1.29 is 4.79 Å². The summed E-state index contributed by atoms with van der Waals surface area (Å²) in [6, 6.07) is 0. The lowest BCUT2D eigenvalue weighted by Gasteiger charge is -2.00. The first kappa shape index (κ1) is 11.7. The van der Waals surface area contributed by atoms with E-state index in [1.54, 1.807) is 0 Å².